The maximum atomic E-state index is 12.2. The van der Waals surface area contributed by atoms with Crippen LogP contribution >= 0.6 is 0 Å². The van der Waals surface area contributed by atoms with Gasteiger partial charge < -0.3 is 10.0 Å². The smallest absolute Gasteiger partial charge is 0.293 e. The predicted molar refractivity (Wildman–Crippen MR) is 77.1 cm³/mol. The van der Waals surface area contributed by atoms with Gasteiger partial charge in [0.05, 0.1) is 11.8 Å². The predicted octanol–water partition coefficient (Wildman–Crippen LogP) is 1.11. The lowest BCUT2D eigenvalue weighted by molar-refractivity contribution is 0.0634. The van der Waals surface area contributed by atoms with E-state index in [-0.39, 0.29) is 11.7 Å². The van der Waals surface area contributed by atoms with Gasteiger partial charge >= 0.3 is 0 Å². The van der Waals surface area contributed by atoms with Gasteiger partial charge in [-0.05, 0) is 30.9 Å². The van der Waals surface area contributed by atoms with E-state index in [9.17, 15) is 9.90 Å². The summed E-state index contributed by atoms with van der Waals surface area (Å²) in [5.41, 5.74) is 0.852. The van der Waals surface area contributed by atoms with Gasteiger partial charge in [0, 0.05) is 13.6 Å². The molecule has 0 bridgehead atoms. The van der Waals surface area contributed by atoms with Crippen LogP contribution in [0.15, 0.2) is 36.7 Å². The zero-order chi connectivity index (χ0) is 14.8. The van der Waals surface area contributed by atoms with Gasteiger partial charge in [-0.15, -0.1) is 5.10 Å². The summed E-state index contributed by atoms with van der Waals surface area (Å²) in [4.78, 5) is 17.8. The van der Waals surface area contributed by atoms with Gasteiger partial charge in [0.15, 0.2) is 0 Å². The molecule has 110 valence electrons. The molecule has 0 radical (unpaired) electrons. The van der Waals surface area contributed by atoms with Crippen LogP contribution in [0.5, 0.6) is 0 Å². The molecule has 1 heterocycles. The molecule has 1 aliphatic rings. The number of aliphatic hydroxyl groups is 1. The molecule has 0 saturated heterocycles. The van der Waals surface area contributed by atoms with Crippen LogP contribution in [0.4, 0.5) is 0 Å². The molecular formula is C15H18N4O2. The van der Waals surface area contributed by atoms with Crippen molar-refractivity contribution in [2.45, 2.75) is 18.9 Å². The number of hydrogen-bond acceptors (Lipinski definition) is 4. The minimum absolute atomic E-state index is 0.143. The van der Waals surface area contributed by atoms with E-state index in [0.29, 0.717) is 12.5 Å². The van der Waals surface area contributed by atoms with Crippen LogP contribution in [0.3, 0.4) is 0 Å². The summed E-state index contributed by atoms with van der Waals surface area (Å²) >= 11 is 0. The van der Waals surface area contributed by atoms with Gasteiger partial charge in [-0.25, -0.2) is 9.67 Å². The summed E-state index contributed by atoms with van der Waals surface area (Å²) in [5, 5.41) is 14.1. The Morgan fingerprint density at radius 1 is 1.43 bits per heavy atom. The average molecular weight is 286 g/mol. The van der Waals surface area contributed by atoms with Crippen LogP contribution in [-0.2, 0) is 0 Å². The number of likely N-dealkylation sites (N-methyl/N-ethyl adjacent to an activating group) is 1. The van der Waals surface area contributed by atoms with E-state index in [1.54, 1.807) is 11.7 Å². The number of amides is 1. The Labute approximate surface area is 123 Å². The van der Waals surface area contributed by atoms with E-state index in [1.807, 2.05) is 30.3 Å². The van der Waals surface area contributed by atoms with Gasteiger partial charge in [-0.2, -0.15) is 0 Å². The number of aliphatic hydroxyl groups excluding tert-OH is 1. The highest BCUT2D eigenvalue weighted by Gasteiger charge is 2.31. The number of hydrogen-bond donors (Lipinski definition) is 1. The highest BCUT2D eigenvalue weighted by Crippen LogP contribution is 2.32. The third-order valence-electron chi connectivity index (χ3n) is 3.68. The van der Waals surface area contributed by atoms with Gasteiger partial charge in [-0.3, -0.25) is 4.79 Å². The molecule has 0 aliphatic heterocycles. The Kier molecular flexibility index (Phi) is 3.70. The molecule has 6 nitrogen and oxygen atoms in total. The van der Waals surface area contributed by atoms with E-state index >= 15 is 0 Å². The van der Waals surface area contributed by atoms with Crippen molar-refractivity contribution < 1.29 is 9.90 Å². The van der Waals surface area contributed by atoms with E-state index in [1.165, 1.54) is 11.2 Å². The fourth-order valence-corrected chi connectivity index (χ4v) is 2.23. The molecular weight excluding hydrogens is 268 g/mol. The Balaban J connectivity index is 1.68. The molecule has 1 N–H and O–H groups in total. The maximum Gasteiger partial charge on any atom is 0.293 e. The number of nitrogens with zero attached hydrogens (tertiary/aromatic N) is 4. The van der Waals surface area contributed by atoms with Crippen LogP contribution in [-0.4, -0.2) is 50.4 Å². The highest BCUT2D eigenvalue weighted by atomic mass is 16.3. The van der Waals surface area contributed by atoms with Crippen LogP contribution in [0.2, 0.25) is 0 Å². The Bertz CT molecular complexity index is 622. The molecule has 1 aromatic heterocycles. The summed E-state index contributed by atoms with van der Waals surface area (Å²) < 4.78 is 1.57. The monoisotopic (exact) mass is 286 g/mol. The molecule has 3 rings (SSSR count). The standard InChI is InChI=1S/C15H18N4O2/c1-18(9-13(20)11-7-8-11)15(21)14-16-10-19(17-14)12-5-3-2-4-6-12/h2-6,10-11,13,20H,7-9H2,1H3. The van der Waals surface area contributed by atoms with Crippen LogP contribution < -0.4 is 0 Å². The Morgan fingerprint density at radius 2 is 2.14 bits per heavy atom. The molecule has 21 heavy (non-hydrogen) atoms. The molecule has 1 atom stereocenters. The third-order valence-corrected chi connectivity index (χ3v) is 3.68. The first-order valence-electron chi connectivity index (χ1n) is 7.06. The minimum atomic E-state index is -0.449. The zero-order valence-corrected chi connectivity index (χ0v) is 11.9. The topological polar surface area (TPSA) is 71.2 Å². The van der Waals surface area contributed by atoms with Crippen molar-refractivity contribution in [3.05, 3.63) is 42.5 Å². The molecule has 1 unspecified atom stereocenters. The maximum absolute atomic E-state index is 12.2. The van der Waals surface area contributed by atoms with Gasteiger partial charge in [0.25, 0.3) is 5.91 Å². The van der Waals surface area contributed by atoms with Gasteiger partial charge in [0.2, 0.25) is 5.82 Å². The molecule has 1 amide bonds. The van der Waals surface area contributed by atoms with Gasteiger partial charge in [0.1, 0.15) is 6.33 Å². The summed E-state index contributed by atoms with van der Waals surface area (Å²) in [6.07, 6.45) is 3.16. The second-order valence-electron chi connectivity index (χ2n) is 5.44. The molecule has 0 spiro atoms. The summed E-state index contributed by atoms with van der Waals surface area (Å²) in [7, 11) is 1.66. The molecule has 1 fully saturated rings. The summed E-state index contributed by atoms with van der Waals surface area (Å²) in [6, 6.07) is 9.50. The third kappa shape index (κ3) is 3.11. The van der Waals surface area contributed by atoms with E-state index < -0.39 is 6.10 Å². The number of benzene rings is 1. The van der Waals surface area contributed by atoms with Crippen molar-refractivity contribution in [3.63, 3.8) is 0 Å². The summed E-state index contributed by atoms with van der Waals surface area (Å²) in [6.45, 7) is 0.323. The van der Waals surface area contributed by atoms with E-state index in [4.69, 9.17) is 0 Å². The van der Waals surface area contributed by atoms with Crippen molar-refractivity contribution in [1.82, 2.24) is 19.7 Å². The lowest BCUT2D eigenvalue weighted by Crippen LogP contribution is -2.35. The van der Waals surface area contributed by atoms with Crippen LogP contribution in [0, 0.1) is 5.92 Å². The molecule has 1 aromatic carbocycles. The number of rotatable bonds is 5. The zero-order valence-electron chi connectivity index (χ0n) is 11.9. The lowest BCUT2D eigenvalue weighted by Gasteiger charge is -2.19. The number of carbonyl (C=O) groups excluding carboxylic acids is 1. The quantitative estimate of drug-likeness (QED) is 0.894. The Morgan fingerprint density at radius 3 is 2.81 bits per heavy atom. The number of para-hydroxylation sites is 1. The lowest BCUT2D eigenvalue weighted by atomic mass is 10.2. The summed E-state index contributed by atoms with van der Waals surface area (Å²) in [5.74, 6) is 0.212. The average Bonchev–Trinajstić information content (AvgIpc) is 3.25. The van der Waals surface area contributed by atoms with Crippen molar-refractivity contribution in [2.75, 3.05) is 13.6 Å². The van der Waals surface area contributed by atoms with Crippen molar-refractivity contribution in [2.24, 2.45) is 5.92 Å². The van der Waals surface area contributed by atoms with Crippen molar-refractivity contribution in [1.29, 1.82) is 0 Å². The number of aromatic nitrogens is 3. The van der Waals surface area contributed by atoms with Crippen LogP contribution in [0.1, 0.15) is 23.5 Å². The van der Waals surface area contributed by atoms with Crippen LogP contribution in [0.25, 0.3) is 5.69 Å². The number of carbonyl (C=O) groups is 1. The molecule has 1 saturated carbocycles. The van der Waals surface area contributed by atoms with E-state index in [2.05, 4.69) is 10.1 Å². The first-order valence-corrected chi connectivity index (χ1v) is 7.06. The minimum Gasteiger partial charge on any atom is -0.391 e. The van der Waals surface area contributed by atoms with Crippen molar-refractivity contribution >= 4 is 5.91 Å². The second-order valence-corrected chi connectivity index (χ2v) is 5.44. The van der Waals surface area contributed by atoms with Gasteiger partial charge in [-0.1, -0.05) is 18.2 Å². The second kappa shape index (κ2) is 5.65. The molecule has 2 aromatic rings. The largest absolute Gasteiger partial charge is 0.391 e. The normalized spacial score (nSPS) is 15.7. The first kappa shape index (κ1) is 13.8. The Hall–Kier alpha value is -2.21. The molecule has 1 aliphatic carbocycles. The molecule has 6 heteroatoms. The van der Waals surface area contributed by atoms with Crippen molar-refractivity contribution in [3.8, 4) is 5.69 Å². The fourth-order valence-electron chi connectivity index (χ4n) is 2.23. The highest BCUT2D eigenvalue weighted by molar-refractivity contribution is 5.90. The van der Waals surface area contributed by atoms with E-state index in [0.717, 1.165) is 18.5 Å². The first-order chi connectivity index (χ1) is 10.1. The SMILES string of the molecule is CN(CC(O)C1CC1)C(=O)c1ncn(-c2ccccc2)n1. The fraction of sp³-hybridized carbons (Fsp3) is 0.400.